The molecule has 0 fully saturated rings. The van der Waals surface area contributed by atoms with Crippen LogP contribution in [0.15, 0.2) is 42.5 Å². The summed E-state index contributed by atoms with van der Waals surface area (Å²) in [4.78, 5) is 23.7. The highest BCUT2D eigenvalue weighted by Gasteiger charge is 2.30. The van der Waals surface area contributed by atoms with E-state index >= 15 is 0 Å². The molecule has 2 aromatic carbocycles. The maximum absolute atomic E-state index is 12.5. The minimum atomic E-state index is -4.45. The van der Waals surface area contributed by atoms with Gasteiger partial charge in [0.25, 0.3) is 0 Å². The molecule has 2 amide bonds. The molecule has 0 atom stereocenters. The van der Waals surface area contributed by atoms with Gasteiger partial charge in [0.2, 0.25) is 11.8 Å². The minimum Gasteiger partial charge on any atom is -0.326 e. The van der Waals surface area contributed by atoms with Gasteiger partial charge in [0.05, 0.1) is 5.56 Å². The van der Waals surface area contributed by atoms with Crippen molar-refractivity contribution in [3.63, 3.8) is 0 Å². The first-order valence-corrected chi connectivity index (χ1v) is 7.56. The van der Waals surface area contributed by atoms with E-state index in [0.29, 0.717) is 16.3 Å². The van der Waals surface area contributed by atoms with E-state index in [1.54, 1.807) is 25.1 Å². The lowest BCUT2D eigenvalue weighted by Crippen LogP contribution is -2.21. The quantitative estimate of drug-likeness (QED) is 0.771. The molecule has 132 valence electrons. The second kappa shape index (κ2) is 7.57. The van der Waals surface area contributed by atoms with Crippen molar-refractivity contribution in [3.8, 4) is 0 Å². The van der Waals surface area contributed by atoms with E-state index in [9.17, 15) is 22.8 Å². The van der Waals surface area contributed by atoms with Gasteiger partial charge in [0.1, 0.15) is 6.42 Å². The van der Waals surface area contributed by atoms with Crippen LogP contribution in [0.4, 0.5) is 24.5 Å². The van der Waals surface area contributed by atoms with E-state index in [1.807, 2.05) is 0 Å². The van der Waals surface area contributed by atoms with Crippen molar-refractivity contribution in [1.29, 1.82) is 0 Å². The van der Waals surface area contributed by atoms with Gasteiger partial charge in [-0.25, -0.2) is 0 Å². The second-order valence-corrected chi connectivity index (χ2v) is 5.67. The van der Waals surface area contributed by atoms with Crippen LogP contribution in [0.3, 0.4) is 0 Å². The Morgan fingerprint density at radius 3 is 2.20 bits per heavy atom. The first kappa shape index (κ1) is 18.8. The Hall–Kier alpha value is -2.54. The largest absolute Gasteiger partial charge is 0.416 e. The summed E-state index contributed by atoms with van der Waals surface area (Å²) in [5, 5.41) is 5.41. The standard InChI is InChI=1S/C17H14ClF3N2O2/c1-10-13(18)3-2-4-14(10)23-16(25)9-15(24)22-12-7-5-11(6-8-12)17(19,20)21/h2-8H,9H2,1H3,(H,22,24)(H,23,25). The number of carbonyl (C=O) groups is 2. The highest BCUT2D eigenvalue weighted by Crippen LogP contribution is 2.29. The Morgan fingerprint density at radius 2 is 1.60 bits per heavy atom. The molecule has 0 bridgehead atoms. The van der Waals surface area contributed by atoms with Gasteiger partial charge in [0, 0.05) is 16.4 Å². The summed E-state index contributed by atoms with van der Waals surface area (Å²) < 4.78 is 37.4. The number of halogens is 4. The Balaban J connectivity index is 1.93. The Kier molecular flexibility index (Phi) is 5.69. The van der Waals surface area contributed by atoms with Crippen LogP contribution in [-0.4, -0.2) is 11.8 Å². The summed E-state index contributed by atoms with van der Waals surface area (Å²) in [5.74, 6) is -1.20. The number of carbonyl (C=O) groups excluding carboxylic acids is 2. The molecule has 0 heterocycles. The van der Waals surface area contributed by atoms with Crippen LogP contribution in [0.5, 0.6) is 0 Å². The fourth-order valence-electron chi connectivity index (χ4n) is 2.03. The molecule has 0 saturated carbocycles. The Morgan fingerprint density at radius 1 is 1.00 bits per heavy atom. The summed E-state index contributed by atoms with van der Waals surface area (Å²) in [7, 11) is 0. The smallest absolute Gasteiger partial charge is 0.326 e. The van der Waals surface area contributed by atoms with Crippen LogP contribution in [0.2, 0.25) is 5.02 Å². The van der Waals surface area contributed by atoms with Gasteiger partial charge in [0.15, 0.2) is 0 Å². The third-order valence-electron chi connectivity index (χ3n) is 3.36. The number of hydrogen-bond acceptors (Lipinski definition) is 2. The molecule has 4 nitrogen and oxygen atoms in total. The molecule has 2 N–H and O–H groups in total. The van der Waals surface area contributed by atoms with Gasteiger partial charge in [-0.15, -0.1) is 0 Å². The molecule has 0 unspecified atom stereocenters. The molecule has 0 aliphatic rings. The molecule has 2 aromatic rings. The van der Waals surface area contributed by atoms with Crippen molar-refractivity contribution in [2.24, 2.45) is 0 Å². The molecule has 0 aliphatic carbocycles. The number of nitrogens with one attached hydrogen (secondary N) is 2. The lowest BCUT2D eigenvalue weighted by atomic mass is 10.2. The van der Waals surface area contributed by atoms with Gasteiger partial charge in [-0.3, -0.25) is 9.59 Å². The van der Waals surface area contributed by atoms with Crippen molar-refractivity contribution in [2.45, 2.75) is 19.5 Å². The molecule has 0 aliphatic heterocycles. The average molecular weight is 371 g/mol. The average Bonchev–Trinajstić information content (AvgIpc) is 2.51. The Labute approximate surface area is 147 Å². The second-order valence-electron chi connectivity index (χ2n) is 5.26. The van der Waals surface area contributed by atoms with E-state index in [-0.39, 0.29) is 5.69 Å². The molecule has 2 rings (SSSR count). The number of benzene rings is 2. The fraction of sp³-hybridized carbons (Fsp3) is 0.176. The number of amides is 2. The zero-order valence-electron chi connectivity index (χ0n) is 13.1. The molecule has 0 spiro atoms. The van der Waals surface area contributed by atoms with Gasteiger partial charge in [-0.1, -0.05) is 17.7 Å². The van der Waals surface area contributed by atoms with Gasteiger partial charge in [-0.2, -0.15) is 13.2 Å². The lowest BCUT2D eigenvalue weighted by Gasteiger charge is -2.10. The van der Waals surface area contributed by atoms with Crippen LogP contribution in [0.25, 0.3) is 0 Å². The molecule has 0 saturated heterocycles. The molecule has 8 heteroatoms. The highest BCUT2D eigenvalue weighted by atomic mass is 35.5. The lowest BCUT2D eigenvalue weighted by molar-refractivity contribution is -0.137. The normalized spacial score (nSPS) is 11.1. The van der Waals surface area contributed by atoms with Gasteiger partial charge in [-0.05, 0) is 48.9 Å². The Bertz CT molecular complexity index is 789. The van der Waals surface area contributed by atoms with E-state index in [2.05, 4.69) is 10.6 Å². The minimum absolute atomic E-state index is 0.171. The predicted molar refractivity (Wildman–Crippen MR) is 89.5 cm³/mol. The third kappa shape index (κ3) is 5.22. The van der Waals surface area contributed by atoms with Crippen LogP contribution in [-0.2, 0) is 15.8 Å². The van der Waals surface area contributed by atoms with Crippen LogP contribution < -0.4 is 10.6 Å². The zero-order valence-corrected chi connectivity index (χ0v) is 13.8. The number of hydrogen-bond donors (Lipinski definition) is 2. The third-order valence-corrected chi connectivity index (χ3v) is 3.77. The molecular formula is C17H14ClF3N2O2. The molecule has 25 heavy (non-hydrogen) atoms. The van der Waals surface area contributed by atoms with Gasteiger partial charge < -0.3 is 10.6 Å². The summed E-state index contributed by atoms with van der Waals surface area (Å²) in [6, 6.07) is 8.93. The number of rotatable bonds is 4. The summed E-state index contributed by atoms with van der Waals surface area (Å²) >= 11 is 5.94. The molecule has 0 radical (unpaired) electrons. The first-order chi connectivity index (χ1) is 11.7. The van der Waals surface area contributed by atoms with Crippen molar-refractivity contribution in [3.05, 3.63) is 58.6 Å². The highest BCUT2D eigenvalue weighted by molar-refractivity contribution is 6.31. The summed E-state index contributed by atoms with van der Waals surface area (Å²) in [6.07, 6.45) is -4.93. The monoisotopic (exact) mass is 370 g/mol. The van der Waals surface area contributed by atoms with Crippen molar-refractivity contribution in [2.75, 3.05) is 10.6 Å². The van der Waals surface area contributed by atoms with E-state index in [0.717, 1.165) is 24.3 Å². The van der Waals surface area contributed by atoms with Crippen molar-refractivity contribution in [1.82, 2.24) is 0 Å². The van der Waals surface area contributed by atoms with E-state index < -0.39 is 30.0 Å². The summed E-state index contributed by atoms with van der Waals surface area (Å²) in [6.45, 7) is 1.72. The molecule has 0 aromatic heterocycles. The maximum Gasteiger partial charge on any atom is 0.416 e. The first-order valence-electron chi connectivity index (χ1n) is 7.19. The van der Waals surface area contributed by atoms with Crippen LogP contribution >= 0.6 is 11.6 Å². The maximum atomic E-state index is 12.5. The van der Waals surface area contributed by atoms with Crippen molar-refractivity contribution < 1.29 is 22.8 Å². The fourth-order valence-corrected chi connectivity index (χ4v) is 2.21. The van der Waals surface area contributed by atoms with E-state index in [1.165, 1.54) is 0 Å². The predicted octanol–water partition coefficient (Wildman–Crippen LogP) is 4.63. The summed E-state index contributed by atoms with van der Waals surface area (Å²) in [5.41, 5.74) is 0.505. The van der Waals surface area contributed by atoms with Gasteiger partial charge >= 0.3 is 6.18 Å². The SMILES string of the molecule is Cc1c(Cl)cccc1NC(=O)CC(=O)Nc1ccc(C(F)(F)F)cc1. The molecular weight excluding hydrogens is 357 g/mol. The van der Waals surface area contributed by atoms with Crippen molar-refractivity contribution >= 4 is 34.8 Å². The number of anilines is 2. The zero-order chi connectivity index (χ0) is 18.6. The topological polar surface area (TPSA) is 58.2 Å². The van der Waals surface area contributed by atoms with Crippen LogP contribution in [0, 0.1) is 6.92 Å². The number of alkyl halides is 3. The van der Waals surface area contributed by atoms with Crippen LogP contribution in [0.1, 0.15) is 17.5 Å². The van der Waals surface area contributed by atoms with E-state index in [4.69, 9.17) is 11.6 Å².